The van der Waals surface area contributed by atoms with Gasteiger partial charge in [-0.1, -0.05) is 44.2 Å². The quantitative estimate of drug-likeness (QED) is 0.919. The van der Waals surface area contributed by atoms with E-state index in [2.05, 4.69) is 34.1 Å². The van der Waals surface area contributed by atoms with E-state index in [4.69, 9.17) is 11.6 Å². The molecule has 18 heavy (non-hydrogen) atoms. The van der Waals surface area contributed by atoms with Gasteiger partial charge in [0, 0.05) is 12.1 Å². The normalized spacial score (nSPS) is 10.7. The van der Waals surface area contributed by atoms with Gasteiger partial charge in [-0.05, 0) is 17.5 Å². The van der Waals surface area contributed by atoms with E-state index in [-0.39, 0.29) is 5.28 Å². The van der Waals surface area contributed by atoms with Crippen molar-refractivity contribution in [1.82, 2.24) is 15.0 Å². The van der Waals surface area contributed by atoms with Gasteiger partial charge in [0.1, 0.15) is 0 Å². The van der Waals surface area contributed by atoms with Crippen molar-refractivity contribution in [3.8, 4) is 11.4 Å². The molecule has 1 aromatic heterocycles. The summed E-state index contributed by atoms with van der Waals surface area (Å²) in [6.07, 6.45) is 0. The molecule has 0 saturated carbocycles. The number of hydrogen-bond donors (Lipinski definition) is 1. The Hall–Kier alpha value is -1.68. The molecule has 0 amide bonds. The number of hydrogen-bond acceptors (Lipinski definition) is 4. The highest BCUT2D eigenvalue weighted by Crippen LogP contribution is 2.17. The van der Waals surface area contributed by atoms with E-state index in [0.717, 1.165) is 12.1 Å². The highest BCUT2D eigenvalue weighted by Gasteiger charge is 2.07. The van der Waals surface area contributed by atoms with Crippen molar-refractivity contribution in [2.45, 2.75) is 13.8 Å². The maximum atomic E-state index is 5.91. The molecule has 94 valence electrons. The Labute approximate surface area is 111 Å². The zero-order chi connectivity index (χ0) is 13.0. The average molecular weight is 263 g/mol. The summed E-state index contributed by atoms with van der Waals surface area (Å²) in [4.78, 5) is 12.6. The summed E-state index contributed by atoms with van der Waals surface area (Å²) < 4.78 is 0. The molecular formula is C13H15ClN4. The molecule has 0 radical (unpaired) electrons. The minimum absolute atomic E-state index is 0.204. The number of anilines is 1. The molecule has 1 heterocycles. The first-order chi connectivity index (χ1) is 8.65. The van der Waals surface area contributed by atoms with Crippen molar-refractivity contribution in [2.24, 2.45) is 5.92 Å². The molecule has 0 saturated heterocycles. The van der Waals surface area contributed by atoms with Gasteiger partial charge in [-0.15, -0.1) is 0 Å². The Kier molecular flexibility index (Phi) is 4.10. The van der Waals surface area contributed by atoms with Crippen LogP contribution in [0.25, 0.3) is 11.4 Å². The number of rotatable bonds is 4. The largest absolute Gasteiger partial charge is 0.354 e. The Morgan fingerprint density at radius 3 is 2.50 bits per heavy atom. The Morgan fingerprint density at radius 1 is 1.11 bits per heavy atom. The van der Waals surface area contributed by atoms with Gasteiger partial charge in [0.15, 0.2) is 5.82 Å². The van der Waals surface area contributed by atoms with Crippen molar-refractivity contribution < 1.29 is 0 Å². The molecule has 0 spiro atoms. The number of aromatic nitrogens is 3. The second kappa shape index (κ2) is 5.78. The minimum atomic E-state index is 0.204. The number of halogens is 1. The molecule has 0 fully saturated rings. The number of nitrogens with one attached hydrogen (secondary N) is 1. The van der Waals surface area contributed by atoms with E-state index in [9.17, 15) is 0 Å². The fourth-order valence-corrected chi connectivity index (χ4v) is 1.60. The summed E-state index contributed by atoms with van der Waals surface area (Å²) in [6.45, 7) is 5.04. The third-order valence-electron chi connectivity index (χ3n) is 2.31. The highest BCUT2D eigenvalue weighted by molar-refractivity contribution is 6.28. The molecule has 1 aromatic carbocycles. The van der Waals surface area contributed by atoms with Crippen LogP contribution in [0.1, 0.15) is 13.8 Å². The SMILES string of the molecule is CC(C)CNc1nc(Cl)nc(-c2ccccc2)n1. The van der Waals surface area contributed by atoms with Gasteiger partial charge >= 0.3 is 0 Å². The third kappa shape index (κ3) is 3.40. The zero-order valence-corrected chi connectivity index (χ0v) is 11.1. The second-order valence-corrected chi connectivity index (χ2v) is 4.73. The van der Waals surface area contributed by atoms with Crippen molar-refractivity contribution >= 4 is 17.5 Å². The molecule has 0 aliphatic heterocycles. The van der Waals surface area contributed by atoms with Crippen molar-refractivity contribution in [2.75, 3.05) is 11.9 Å². The molecule has 5 heteroatoms. The molecule has 0 atom stereocenters. The summed E-state index contributed by atoms with van der Waals surface area (Å²) in [5.74, 6) is 1.62. The summed E-state index contributed by atoms with van der Waals surface area (Å²) >= 11 is 5.91. The minimum Gasteiger partial charge on any atom is -0.354 e. The Bertz CT molecular complexity index is 514. The summed E-state index contributed by atoms with van der Waals surface area (Å²) in [6, 6.07) is 9.71. The third-order valence-corrected chi connectivity index (χ3v) is 2.48. The smallest absolute Gasteiger partial charge is 0.227 e. The molecule has 0 unspecified atom stereocenters. The first-order valence-corrected chi connectivity index (χ1v) is 6.24. The summed E-state index contributed by atoms with van der Waals surface area (Å²) in [5.41, 5.74) is 0.925. The standard InChI is InChI=1S/C13H15ClN4/c1-9(2)8-15-13-17-11(16-12(14)18-13)10-6-4-3-5-7-10/h3-7,9H,8H2,1-2H3,(H,15,16,17,18). The first kappa shape index (κ1) is 12.8. The molecule has 0 aliphatic carbocycles. The summed E-state index contributed by atoms with van der Waals surface area (Å²) in [7, 11) is 0. The first-order valence-electron chi connectivity index (χ1n) is 5.86. The van der Waals surface area contributed by atoms with Gasteiger partial charge in [0.25, 0.3) is 0 Å². The molecule has 1 N–H and O–H groups in total. The van der Waals surface area contributed by atoms with Crippen LogP contribution in [-0.2, 0) is 0 Å². The van der Waals surface area contributed by atoms with Gasteiger partial charge in [0.05, 0.1) is 0 Å². The van der Waals surface area contributed by atoms with Crippen LogP contribution in [0.15, 0.2) is 30.3 Å². The van der Waals surface area contributed by atoms with E-state index in [1.807, 2.05) is 30.3 Å². The average Bonchev–Trinajstić information content (AvgIpc) is 2.37. The van der Waals surface area contributed by atoms with Crippen LogP contribution in [0.5, 0.6) is 0 Å². The van der Waals surface area contributed by atoms with Crippen LogP contribution in [0.3, 0.4) is 0 Å². The second-order valence-electron chi connectivity index (χ2n) is 4.39. The fourth-order valence-electron chi connectivity index (χ4n) is 1.44. The van der Waals surface area contributed by atoms with E-state index in [0.29, 0.717) is 17.7 Å². The predicted molar refractivity (Wildman–Crippen MR) is 73.6 cm³/mol. The summed E-state index contributed by atoms with van der Waals surface area (Å²) in [5, 5.41) is 3.35. The Morgan fingerprint density at radius 2 is 1.83 bits per heavy atom. The molecule has 0 aliphatic rings. The van der Waals surface area contributed by atoms with Crippen LogP contribution in [0, 0.1) is 5.92 Å². The monoisotopic (exact) mass is 262 g/mol. The van der Waals surface area contributed by atoms with Gasteiger partial charge < -0.3 is 5.32 Å². The molecule has 0 bridgehead atoms. The van der Waals surface area contributed by atoms with Crippen LogP contribution < -0.4 is 5.32 Å². The lowest BCUT2D eigenvalue weighted by atomic mass is 10.2. The predicted octanol–water partition coefficient (Wildman–Crippen LogP) is 3.26. The lowest BCUT2D eigenvalue weighted by Gasteiger charge is -2.08. The topological polar surface area (TPSA) is 50.7 Å². The van der Waals surface area contributed by atoms with Gasteiger partial charge in [0.2, 0.25) is 11.2 Å². The van der Waals surface area contributed by atoms with Gasteiger partial charge in [-0.3, -0.25) is 0 Å². The molecule has 2 aromatic rings. The van der Waals surface area contributed by atoms with Crippen molar-refractivity contribution in [3.05, 3.63) is 35.6 Å². The van der Waals surface area contributed by atoms with Crippen molar-refractivity contribution in [3.63, 3.8) is 0 Å². The van der Waals surface area contributed by atoms with Crippen LogP contribution in [0.4, 0.5) is 5.95 Å². The van der Waals surface area contributed by atoms with Crippen LogP contribution in [0.2, 0.25) is 5.28 Å². The highest BCUT2D eigenvalue weighted by atomic mass is 35.5. The van der Waals surface area contributed by atoms with E-state index in [1.54, 1.807) is 0 Å². The van der Waals surface area contributed by atoms with E-state index < -0.39 is 0 Å². The molecule has 4 nitrogen and oxygen atoms in total. The van der Waals surface area contributed by atoms with Crippen LogP contribution in [-0.4, -0.2) is 21.5 Å². The van der Waals surface area contributed by atoms with Gasteiger partial charge in [-0.25, -0.2) is 0 Å². The van der Waals surface area contributed by atoms with Crippen LogP contribution >= 0.6 is 11.6 Å². The lowest BCUT2D eigenvalue weighted by Crippen LogP contribution is -2.11. The van der Waals surface area contributed by atoms with E-state index in [1.165, 1.54) is 0 Å². The van der Waals surface area contributed by atoms with Crippen molar-refractivity contribution in [1.29, 1.82) is 0 Å². The van der Waals surface area contributed by atoms with E-state index >= 15 is 0 Å². The number of nitrogens with zero attached hydrogens (tertiary/aromatic N) is 3. The molecule has 2 rings (SSSR count). The number of benzene rings is 1. The Balaban J connectivity index is 2.27. The van der Waals surface area contributed by atoms with Gasteiger partial charge in [-0.2, -0.15) is 15.0 Å². The molecular weight excluding hydrogens is 248 g/mol. The fraction of sp³-hybridized carbons (Fsp3) is 0.308. The maximum Gasteiger partial charge on any atom is 0.227 e. The zero-order valence-electron chi connectivity index (χ0n) is 10.4. The maximum absolute atomic E-state index is 5.91. The lowest BCUT2D eigenvalue weighted by molar-refractivity contribution is 0.684.